The number of carbonyl (C=O) groups is 1. The Balaban J connectivity index is 2.00. The zero-order valence-electron chi connectivity index (χ0n) is 13.9. The summed E-state index contributed by atoms with van der Waals surface area (Å²) in [6.07, 6.45) is 0. The van der Waals surface area contributed by atoms with E-state index >= 15 is 0 Å². The highest BCUT2D eigenvalue weighted by molar-refractivity contribution is 7.99. The highest BCUT2D eigenvalue weighted by atomic mass is 32.2. The molecule has 0 fully saturated rings. The van der Waals surface area contributed by atoms with E-state index in [1.807, 2.05) is 42.5 Å². The molecule has 0 saturated heterocycles. The highest BCUT2D eigenvalue weighted by Gasteiger charge is 2.14. The average molecular weight is 372 g/mol. The molecule has 3 aromatic carbocycles. The van der Waals surface area contributed by atoms with Crippen LogP contribution in [-0.4, -0.2) is 11.1 Å². The maximum Gasteiger partial charge on any atom is 0.335 e. The van der Waals surface area contributed by atoms with Gasteiger partial charge in [0.05, 0.1) is 21.6 Å². The van der Waals surface area contributed by atoms with Gasteiger partial charge in [0, 0.05) is 11.0 Å². The number of carboxylic acid groups (broad SMARTS) is 1. The van der Waals surface area contributed by atoms with Crippen molar-refractivity contribution in [3.05, 3.63) is 83.4 Å². The lowest BCUT2D eigenvalue weighted by molar-refractivity contribution is 0.0697. The van der Waals surface area contributed by atoms with Crippen molar-refractivity contribution in [1.29, 1.82) is 10.5 Å². The van der Waals surface area contributed by atoms with Crippen LogP contribution in [0.25, 0.3) is 0 Å². The first-order chi connectivity index (χ1) is 13.1. The molecule has 1 N–H and O–H groups in total. The molecule has 0 aliphatic rings. The fraction of sp³-hybridized carbons (Fsp3) is 0. The Morgan fingerprint density at radius 3 is 2.15 bits per heavy atom. The predicted octanol–water partition coefficient (Wildman–Crippen LogP) is 5.07. The summed E-state index contributed by atoms with van der Waals surface area (Å²) in [5.74, 6) is -0.169. The Morgan fingerprint density at radius 2 is 1.56 bits per heavy atom. The van der Waals surface area contributed by atoms with Crippen LogP contribution in [-0.2, 0) is 0 Å². The first kappa shape index (κ1) is 18.1. The van der Waals surface area contributed by atoms with Crippen molar-refractivity contribution in [1.82, 2.24) is 0 Å². The zero-order chi connectivity index (χ0) is 19.2. The number of benzene rings is 3. The molecule has 0 heterocycles. The SMILES string of the molecule is N#Cc1cc(Oc2ccc(C(=O)O)cc2)c(Sc2ccccc2)cc1C#N. The molecule has 0 unspecified atom stereocenters. The zero-order valence-corrected chi connectivity index (χ0v) is 14.7. The molecule has 0 saturated carbocycles. The summed E-state index contributed by atoms with van der Waals surface area (Å²) in [5.41, 5.74) is 0.635. The number of ether oxygens (including phenoxy) is 1. The third kappa shape index (κ3) is 4.27. The van der Waals surface area contributed by atoms with Gasteiger partial charge in [0.25, 0.3) is 0 Å². The smallest absolute Gasteiger partial charge is 0.335 e. The normalized spacial score (nSPS) is 9.85. The van der Waals surface area contributed by atoms with Crippen LogP contribution in [0.3, 0.4) is 0 Å². The van der Waals surface area contributed by atoms with Gasteiger partial charge in [-0.05, 0) is 42.5 Å². The van der Waals surface area contributed by atoms with Crippen LogP contribution in [0, 0.1) is 22.7 Å². The first-order valence-corrected chi connectivity index (χ1v) is 8.64. The molecule has 6 heteroatoms. The summed E-state index contributed by atoms with van der Waals surface area (Å²) in [6.45, 7) is 0. The van der Waals surface area contributed by atoms with Gasteiger partial charge in [0.2, 0.25) is 0 Å². The summed E-state index contributed by atoms with van der Waals surface area (Å²) < 4.78 is 5.88. The largest absolute Gasteiger partial charge is 0.478 e. The lowest BCUT2D eigenvalue weighted by Gasteiger charge is -2.12. The number of hydrogen-bond donors (Lipinski definition) is 1. The molecule has 0 atom stereocenters. The van der Waals surface area contributed by atoms with Crippen LogP contribution in [0.5, 0.6) is 11.5 Å². The van der Waals surface area contributed by atoms with E-state index in [0.717, 1.165) is 4.90 Å². The summed E-state index contributed by atoms with van der Waals surface area (Å²) in [6, 6.07) is 22.7. The Morgan fingerprint density at radius 1 is 0.926 bits per heavy atom. The van der Waals surface area contributed by atoms with Gasteiger partial charge in [-0.15, -0.1) is 0 Å². The van der Waals surface area contributed by atoms with Crippen molar-refractivity contribution in [3.8, 4) is 23.6 Å². The minimum Gasteiger partial charge on any atom is -0.478 e. The average Bonchev–Trinajstić information content (AvgIpc) is 2.70. The number of aromatic carboxylic acids is 1. The molecule has 5 nitrogen and oxygen atoms in total. The molecule has 0 radical (unpaired) electrons. The fourth-order valence-electron chi connectivity index (χ4n) is 2.31. The van der Waals surface area contributed by atoms with Crippen molar-refractivity contribution >= 4 is 17.7 Å². The second kappa shape index (κ2) is 8.09. The first-order valence-electron chi connectivity index (χ1n) is 7.83. The number of nitriles is 2. The second-order valence-electron chi connectivity index (χ2n) is 5.41. The molecule has 0 amide bonds. The molecular formula is C21H12N2O3S. The van der Waals surface area contributed by atoms with Crippen molar-refractivity contribution in [2.75, 3.05) is 0 Å². The van der Waals surface area contributed by atoms with Crippen LogP contribution >= 0.6 is 11.8 Å². The van der Waals surface area contributed by atoms with Crippen molar-refractivity contribution in [3.63, 3.8) is 0 Å². The summed E-state index contributed by atoms with van der Waals surface area (Å²) >= 11 is 1.41. The van der Waals surface area contributed by atoms with E-state index in [0.29, 0.717) is 16.4 Å². The standard InChI is InChI=1S/C21H12N2O3S/c22-12-15-10-19(26-17-8-6-14(7-9-17)21(24)25)20(11-16(15)13-23)27-18-4-2-1-3-5-18/h1-11H,(H,24,25). The Labute approximate surface area is 160 Å². The van der Waals surface area contributed by atoms with E-state index in [-0.39, 0.29) is 16.7 Å². The number of hydrogen-bond acceptors (Lipinski definition) is 5. The van der Waals surface area contributed by atoms with E-state index in [2.05, 4.69) is 0 Å². The minimum absolute atomic E-state index is 0.152. The molecule has 3 aromatic rings. The maximum atomic E-state index is 11.0. The summed E-state index contributed by atoms with van der Waals surface area (Å²) in [5, 5.41) is 27.6. The van der Waals surface area contributed by atoms with E-state index in [1.165, 1.54) is 30.0 Å². The highest BCUT2D eigenvalue weighted by Crippen LogP contribution is 2.39. The van der Waals surface area contributed by atoms with Crippen molar-refractivity contribution in [2.24, 2.45) is 0 Å². The van der Waals surface area contributed by atoms with E-state index in [9.17, 15) is 15.3 Å². The molecule has 0 aliphatic carbocycles. The fourth-order valence-corrected chi connectivity index (χ4v) is 3.24. The van der Waals surface area contributed by atoms with Crippen LogP contribution in [0.4, 0.5) is 0 Å². The second-order valence-corrected chi connectivity index (χ2v) is 6.53. The molecule has 0 spiro atoms. The molecule has 130 valence electrons. The van der Waals surface area contributed by atoms with Crippen LogP contribution in [0.2, 0.25) is 0 Å². The van der Waals surface area contributed by atoms with Gasteiger partial charge >= 0.3 is 5.97 Å². The molecule has 27 heavy (non-hydrogen) atoms. The third-order valence-corrected chi connectivity index (χ3v) is 4.67. The van der Waals surface area contributed by atoms with E-state index < -0.39 is 5.97 Å². The molecular weight excluding hydrogens is 360 g/mol. The van der Waals surface area contributed by atoms with Crippen LogP contribution < -0.4 is 4.74 Å². The quantitative estimate of drug-likeness (QED) is 0.672. The minimum atomic E-state index is -1.02. The van der Waals surface area contributed by atoms with E-state index in [1.54, 1.807) is 18.2 Å². The molecule has 3 rings (SSSR count). The van der Waals surface area contributed by atoms with Gasteiger partial charge in [-0.1, -0.05) is 30.0 Å². The summed E-state index contributed by atoms with van der Waals surface area (Å²) in [4.78, 5) is 12.6. The van der Waals surface area contributed by atoms with Crippen molar-refractivity contribution < 1.29 is 14.6 Å². The van der Waals surface area contributed by atoms with Gasteiger partial charge in [-0.3, -0.25) is 0 Å². The van der Waals surface area contributed by atoms with Gasteiger partial charge in [0.1, 0.15) is 23.6 Å². The monoisotopic (exact) mass is 372 g/mol. The third-order valence-electron chi connectivity index (χ3n) is 3.62. The summed E-state index contributed by atoms with van der Waals surface area (Å²) in [7, 11) is 0. The lowest BCUT2D eigenvalue weighted by atomic mass is 10.1. The van der Waals surface area contributed by atoms with E-state index in [4.69, 9.17) is 9.84 Å². The molecule has 0 bridgehead atoms. The van der Waals surface area contributed by atoms with Gasteiger partial charge < -0.3 is 9.84 Å². The number of nitrogens with zero attached hydrogens (tertiary/aromatic N) is 2. The number of carboxylic acids is 1. The predicted molar refractivity (Wildman–Crippen MR) is 99.9 cm³/mol. The topological polar surface area (TPSA) is 94.1 Å². The van der Waals surface area contributed by atoms with Gasteiger partial charge in [-0.25, -0.2) is 4.79 Å². The molecule has 0 aliphatic heterocycles. The van der Waals surface area contributed by atoms with Crippen LogP contribution in [0.15, 0.2) is 76.5 Å². The maximum absolute atomic E-state index is 11.0. The Hall–Kier alpha value is -3.74. The van der Waals surface area contributed by atoms with Gasteiger partial charge in [-0.2, -0.15) is 10.5 Å². The Bertz CT molecular complexity index is 1070. The molecule has 0 aromatic heterocycles. The Kier molecular flexibility index (Phi) is 5.41. The lowest BCUT2D eigenvalue weighted by Crippen LogP contribution is -1.96. The van der Waals surface area contributed by atoms with Gasteiger partial charge in [0.15, 0.2) is 0 Å². The van der Waals surface area contributed by atoms with Crippen LogP contribution in [0.1, 0.15) is 21.5 Å². The number of rotatable bonds is 5. The van der Waals surface area contributed by atoms with Crippen molar-refractivity contribution in [2.45, 2.75) is 9.79 Å².